The van der Waals surface area contributed by atoms with Gasteiger partial charge in [-0.25, -0.2) is 0 Å². The van der Waals surface area contributed by atoms with Crippen molar-refractivity contribution in [1.82, 2.24) is 5.32 Å². The van der Waals surface area contributed by atoms with Gasteiger partial charge in [0, 0.05) is 12.2 Å². The topological polar surface area (TPSA) is 33.3 Å². The molecule has 0 spiro atoms. The largest absolute Gasteiger partial charge is 0.491 e. The van der Waals surface area contributed by atoms with E-state index >= 15 is 0 Å². The number of ether oxygens (including phenoxy) is 1. The third-order valence-corrected chi connectivity index (χ3v) is 3.43. The van der Waals surface area contributed by atoms with Crippen molar-refractivity contribution >= 4 is 23.0 Å². The number of aryl methyl sites for hydroxylation is 1. The Morgan fingerprint density at radius 3 is 2.41 bits per heavy atom. The van der Waals surface area contributed by atoms with Gasteiger partial charge < -0.3 is 15.4 Å². The van der Waals surface area contributed by atoms with Crippen molar-refractivity contribution in [1.29, 1.82) is 0 Å². The van der Waals surface area contributed by atoms with Crippen LogP contribution in [0.4, 0.5) is 5.69 Å². The Morgan fingerprint density at radius 2 is 1.77 bits per heavy atom. The Labute approximate surface area is 137 Å². The van der Waals surface area contributed by atoms with Gasteiger partial charge in [-0.2, -0.15) is 0 Å². The standard InChI is InChI=1S/C18H22N2OS/c1-13(2)21-17-10-8-16(9-11-17)20-18(22)19-12-15-7-5-4-6-14(15)3/h4-11,13H,12H2,1-3H3,(H2,19,20,22). The van der Waals surface area contributed by atoms with Crippen LogP contribution in [0.15, 0.2) is 48.5 Å². The van der Waals surface area contributed by atoms with Crippen molar-refractivity contribution in [3.63, 3.8) is 0 Å². The van der Waals surface area contributed by atoms with Gasteiger partial charge in [-0.15, -0.1) is 0 Å². The van der Waals surface area contributed by atoms with E-state index in [4.69, 9.17) is 17.0 Å². The Hall–Kier alpha value is -2.07. The van der Waals surface area contributed by atoms with Crippen LogP contribution in [0, 0.1) is 6.92 Å². The number of thiocarbonyl (C=S) groups is 1. The third-order valence-electron chi connectivity index (χ3n) is 3.18. The van der Waals surface area contributed by atoms with Gasteiger partial charge in [-0.3, -0.25) is 0 Å². The predicted molar refractivity (Wildman–Crippen MR) is 96.4 cm³/mol. The Bertz CT molecular complexity index is 623. The number of hydrogen-bond acceptors (Lipinski definition) is 2. The van der Waals surface area contributed by atoms with Crippen molar-refractivity contribution in [2.24, 2.45) is 0 Å². The molecule has 0 aromatic heterocycles. The van der Waals surface area contributed by atoms with E-state index in [0.29, 0.717) is 11.7 Å². The second-order valence-electron chi connectivity index (χ2n) is 5.43. The average molecular weight is 314 g/mol. The van der Waals surface area contributed by atoms with Gasteiger partial charge in [0.2, 0.25) is 0 Å². The SMILES string of the molecule is Cc1ccccc1CNC(=S)Nc1ccc(OC(C)C)cc1. The fourth-order valence-corrected chi connectivity index (χ4v) is 2.24. The van der Waals surface area contributed by atoms with Crippen LogP contribution in [-0.4, -0.2) is 11.2 Å². The molecule has 0 heterocycles. The van der Waals surface area contributed by atoms with Crippen molar-refractivity contribution in [2.75, 3.05) is 5.32 Å². The van der Waals surface area contributed by atoms with Gasteiger partial charge in [-0.1, -0.05) is 24.3 Å². The van der Waals surface area contributed by atoms with Gasteiger partial charge in [0.25, 0.3) is 0 Å². The maximum absolute atomic E-state index is 5.62. The molecule has 0 saturated carbocycles. The van der Waals surface area contributed by atoms with Crippen LogP contribution < -0.4 is 15.4 Å². The van der Waals surface area contributed by atoms with Crippen LogP contribution in [0.2, 0.25) is 0 Å². The fraction of sp³-hybridized carbons (Fsp3) is 0.278. The zero-order chi connectivity index (χ0) is 15.9. The number of benzene rings is 2. The molecule has 0 fully saturated rings. The van der Waals surface area contributed by atoms with Crippen LogP contribution in [-0.2, 0) is 6.54 Å². The second-order valence-corrected chi connectivity index (χ2v) is 5.83. The maximum atomic E-state index is 5.62. The molecule has 2 aromatic rings. The highest BCUT2D eigenvalue weighted by Crippen LogP contribution is 2.16. The van der Waals surface area contributed by atoms with Gasteiger partial charge in [0.15, 0.2) is 5.11 Å². The molecule has 0 atom stereocenters. The molecule has 0 radical (unpaired) electrons. The van der Waals surface area contributed by atoms with Crippen LogP contribution in [0.25, 0.3) is 0 Å². The quantitative estimate of drug-likeness (QED) is 0.808. The number of hydrogen-bond donors (Lipinski definition) is 2. The summed E-state index contributed by atoms with van der Waals surface area (Å²) < 4.78 is 5.62. The molecule has 0 saturated heterocycles. The molecule has 3 nitrogen and oxygen atoms in total. The first-order valence-electron chi connectivity index (χ1n) is 7.40. The molecule has 0 aliphatic carbocycles. The molecule has 0 aliphatic rings. The molecule has 22 heavy (non-hydrogen) atoms. The smallest absolute Gasteiger partial charge is 0.171 e. The van der Waals surface area contributed by atoms with E-state index in [-0.39, 0.29) is 6.10 Å². The zero-order valence-electron chi connectivity index (χ0n) is 13.2. The molecular formula is C18H22N2OS. The van der Waals surface area contributed by atoms with E-state index in [0.717, 1.165) is 11.4 Å². The lowest BCUT2D eigenvalue weighted by Crippen LogP contribution is -2.28. The zero-order valence-corrected chi connectivity index (χ0v) is 14.0. The third kappa shape index (κ3) is 5.04. The van der Waals surface area contributed by atoms with Crippen molar-refractivity contribution in [3.05, 3.63) is 59.7 Å². The highest BCUT2D eigenvalue weighted by molar-refractivity contribution is 7.80. The molecule has 0 aliphatic heterocycles. The second kappa shape index (κ2) is 7.80. The molecule has 2 rings (SSSR count). The molecule has 0 amide bonds. The van der Waals surface area contributed by atoms with E-state index < -0.39 is 0 Å². The lowest BCUT2D eigenvalue weighted by Gasteiger charge is -2.13. The summed E-state index contributed by atoms with van der Waals surface area (Å²) in [6.07, 6.45) is 0.177. The summed E-state index contributed by atoms with van der Waals surface area (Å²) in [5.41, 5.74) is 3.44. The first kappa shape index (κ1) is 16.3. The highest BCUT2D eigenvalue weighted by atomic mass is 32.1. The van der Waals surface area contributed by atoms with E-state index in [1.807, 2.05) is 50.2 Å². The van der Waals surface area contributed by atoms with Gasteiger partial charge in [0.05, 0.1) is 6.10 Å². The molecule has 0 bridgehead atoms. The van der Waals surface area contributed by atoms with Crippen LogP contribution >= 0.6 is 12.2 Å². The van der Waals surface area contributed by atoms with E-state index in [9.17, 15) is 0 Å². The summed E-state index contributed by atoms with van der Waals surface area (Å²) in [5.74, 6) is 0.860. The lowest BCUT2D eigenvalue weighted by molar-refractivity contribution is 0.242. The van der Waals surface area contributed by atoms with Crippen LogP contribution in [0.5, 0.6) is 5.75 Å². The first-order chi connectivity index (χ1) is 10.5. The van der Waals surface area contributed by atoms with Crippen LogP contribution in [0.3, 0.4) is 0 Å². The van der Waals surface area contributed by atoms with Gasteiger partial charge in [-0.05, 0) is 68.4 Å². The average Bonchev–Trinajstić information content (AvgIpc) is 2.48. The predicted octanol–water partition coefficient (Wildman–Crippen LogP) is 4.27. The number of nitrogens with one attached hydrogen (secondary N) is 2. The van der Waals surface area contributed by atoms with Crippen LogP contribution in [0.1, 0.15) is 25.0 Å². The maximum Gasteiger partial charge on any atom is 0.171 e. The molecule has 2 N–H and O–H groups in total. The first-order valence-corrected chi connectivity index (χ1v) is 7.81. The summed E-state index contributed by atoms with van der Waals surface area (Å²) in [6, 6.07) is 16.1. The minimum atomic E-state index is 0.177. The van der Waals surface area contributed by atoms with E-state index in [1.54, 1.807) is 0 Å². The van der Waals surface area contributed by atoms with Gasteiger partial charge >= 0.3 is 0 Å². The lowest BCUT2D eigenvalue weighted by atomic mass is 10.1. The molecule has 4 heteroatoms. The summed E-state index contributed by atoms with van der Waals surface area (Å²) in [6.45, 7) is 6.83. The fourth-order valence-electron chi connectivity index (χ4n) is 2.05. The monoisotopic (exact) mass is 314 g/mol. The summed E-state index contributed by atoms with van der Waals surface area (Å²) in [7, 11) is 0. The Kier molecular flexibility index (Phi) is 5.78. The summed E-state index contributed by atoms with van der Waals surface area (Å²) >= 11 is 5.33. The van der Waals surface area contributed by atoms with E-state index in [2.05, 4.69) is 29.7 Å². The number of rotatable bonds is 5. The van der Waals surface area contributed by atoms with Crippen molar-refractivity contribution in [2.45, 2.75) is 33.4 Å². The molecular weight excluding hydrogens is 292 g/mol. The Morgan fingerprint density at radius 1 is 1.09 bits per heavy atom. The Balaban J connectivity index is 1.85. The minimum absolute atomic E-state index is 0.177. The molecule has 0 unspecified atom stereocenters. The van der Waals surface area contributed by atoms with Gasteiger partial charge in [0.1, 0.15) is 5.75 Å². The minimum Gasteiger partial charge on any atom is -0.491 e. The number of anilines is 1. The molecule has 2 aromatic carbocycles. The highest BCUT2D eigenvalue weighted by Gasteiger charge is 2.01. The molecule has 116 valence electrons. The van der Waals surface area contributed by atoms with E-state index in [1.165, 1.54) is 11.1 Å². The normalized spacial score (nSPS) is 10.4. The summed E-state index contributed by atoms with van der Waals surface area (Å²) in [4.78, 5) is 0. The van der Waals surface area contributed by atoms with Crippen molar-refractivity contribution < 1.29 is 4.74 Å². The van der Waals surface area contributed by atoms with Crippen molar-refractivity contribution in [3.8, 4) is 5.75 Å². The summed E-state index contributed by atoms with van der Waals surface area (Å²) in [5, 5.41) is 7.01.